The molecular formula is C20H19NO2. The summed E-state index contributed by atoms with van der Waals surface area (Å²) in [6, 6.07) is 20.0. The van der Waals surface area contributed by atoms with E-state index in [-0.39, 0.29) is 0 Å². The summed E-state index contributed by atoms with van der Waals surface area (Å²) in [7, 11) is 1.66. The molecule has 0 heterocycles. The van der Waals surface area contributed by atoms with Crippen molar-refractivity contribution in [2.45, 2.75) is 6.92 Å². The molecule has 0 aromatic heterocycles. The van der Waals surface area contributed by atoms with Gasteiger partial charge in [-0.3, -0.25) is 4.99 Å². The zero-order valence-electron chi connectivity index (χ0n) is 13.3. The summed E-state index contributed by atoms with van der Waals surface area (Å²) in [6.45, 7) is 2.61. The third-order valence-electron chi connectivity index (χ3n) is 3.65. The van der Waals surface area contributed by atoms with Gasteiger partial charge in [0.25, 0.3) is 0 Å². The van der Waals surface area contributed by atoms with Crippen LogP contribution in [-0.4, -0.2) is 19.9 Å². The highest BCUT2D eigenvalue weighted by Gasteiger charge is 2.06. The Morgan fingerprint density at radius 3 is 2.48 bits per heavy atom. The topological polar surface area (TPSA) is 30.8 Å². The molecule has 0 aliphatic rings. The van der Waals surface area contributed by atoms with E-state index in [1.54, 1.807) is 7.11 Å². The van der Waals surface area contributed by atoms with Crippen LogP contribution >= 0.6 is 0 Å². The maximum atomic E-state index is 5.76. The van der Waals surface area contributed by atoms with E-state index >= 15 is 0 Å². The van der Waals surface area contributed by atoms with Crippen LogP contribution in [0.4, 0.5) is 5.69 Å². The molecule has 3 aromatic carbocycles. The van der Waals surface area contributed by atoms with E-state index in [1.807, 2.05) is 55.6 Å². The molecular weight excluding hydrogens is 286 g/mol. The molecule has 3 rings (SSSR count). The van der Waals surface area contributed by atoms with Crippen LogP contribution < -0.4 is 9.47 Å². The lowest BCUT2D eigenvalue weighted by molar-refractivity contribution is 0.340. The maximum Gasteiger partial charge on any atom is 0.128 e. The van der Waals surface area contributed by atoms with E-state index < -0.39 is 0 Å². The summed E-state index contributed by atoms with van der Waals surface area (Å²) >= 11 is 0. The molecule has 0 N–H and O–H groups in total. The van der Waals surface area contributed by atoms with Gasteiger partial charge in [0.05, 0.1) is 19.4 Å². The van der Waals surface area contributed by atoms with Gasteiger partial charge in [0.15, 0.2) is 0 Å². The molecule has 3 heteroatoms. The first-order valence-corrected chi connectivity index (χ1v) is 7.64. The zero-order chi connectivity index (χ0) is 16.1. The van der Waals surface area contributed by atoms with Crippen molar-refractivity contribution in [3.63, 3.8) is 0 Å². The Kier molecular flexibility index (Phi) is 4.57. The number of benzene rings is 3. The Balaban J connectivity index is 2.02. The van der Waals surface area contributed by atoms with Crippen molar-refractivity contribution in [2.75, 3.05) is 13.7 Å². The lowest BCUT2D eigenvalue weighted by Crippen LogP contribution is -1.97. The molecule has 0 saturated heterocycles. The number of nitrogens with zero attached hydrogens (tertiary/aromatic N) is 1. The van der Waals surface area contributed by atoms with Crippen molar-refractivity contribution < 1.29 is 9.47 Å². The maximum absolute atomic E-state index is 5.76. The predicted molar refractivity (Wildman–Crippen MR) is 95.4 cm³/mol. The third-order valence-corrected chi connectivity index (χ3v) is 3.65. The van der Waals surface area contributed by atoms with Crippen molar-refractivity contribution in [3.05, 3.63) is 66.2 Å². The monoisotopic (exact) mass is 305 g/mol. The molecule has 0 unspecified atom stereocenters. The van der Waals surface area contributed by atoms with Crippen LogP contribution in [0.2, 0.25) is 0 Å². The first kappa shape index (κ1) is 15.1. The van der Waals surface area contributed by atoms with Gasteiger partial charge in [-0.15, -0.1) is 0 Å². The van der Waals surface area contributed by atoms with Crippen LogP contribution in [0.15, 0.2) is 65.7 Å². The second kappa shape index (κ2) is 6.97. The van der Waals surface area contributed by atoms with Gasteiger partial charge in [0.1, 0.15) is 11.5 Å². The molecule has 3 nitrogen and oxygen atoms in total. The van der Waals surface area contributed by atoms with Crippen LogP contribution in [-0.2, 0) is 0 Å². The van der Waals surface area contributed by atoms with Crippen LogP contribution in [0.25, 0.3) is 10.8 Å². The Labute approximate surface area is 136 Å². The van der Waals surface area contributed by atoms with Crippen LogP contribution in [0.1, 0.15) is 12.5 Å². The van der Waals surface area contributed by atoms with Gasteiger partial charge >= 0.3 is 0 Å². The summed E-state index contributed by atoms with van der Waals surface area (Å²) in [6.07, 6.45) is 1.87. The number of methoxy groups -OCH3 is 1. The third kappa shape index (κ3) is 3.34. The average Bonchev–Trinajstić information content (AvgIpc) is 2.61. The van der Waals surface area contributed by atoms with Gasteiger partial charge in [-0.05, 0) is 48.0 Å². The Bertz CT molecular complexity index is 823. The summed E-state index contributed by atoms with van der Waals surface area (Å²) < 4.78 is 10.9. The molecule has 0 fully saturated rings. The lowest BCUT2D eigenvalue weighted by Gasteiger charge is -2.10. The van der Waals surface area contributed by atoms with E-state index in [1.165, 1.54) is 5.39 Å². The van der Waals surface area contributed by atoms with Crippen molar-refractivity contribution in [1.82, 2.24) is 0 Å². The molecule has 3 aromatic rings. The number of aliphatic imine (C=N–C) groups is 1. The van der Waals surface area contributed by atoms with E-state index in [0.29, 0.717) is 6.61 Å². The molecule has 0 radical (unpaired) electrons. The highest BCUT2D eigenvalue weighted by atomic mass is 16.5. The van der Waals surface area contributed by atoms with Crippen molar-refractivity contribution >= 4 is 22.7 Å². The van der Waals surface area contributed by atoms with Crippen molar-refractivity contribution in [2.24, 2.45) is 4.99 Å². The molecule has 0 aliphatic carbocycles. The standard InChI is InChI=1S/C20H19NO2/c1-3-23-20-13-8-15-6-4-5-7-18(15)19(20)14-21-16-9-11-17(22-2)12-10-16/h4-14H,3H2,1-2H3. The first-order chi connectivity index (χ1) is 11.3. The van der Waals surface area contributed by atoms with Gasteiger partial charge in [-0.2, -0.15) is 0 Å². The molecule has 0 spiro atoms. The second-order valence-electron chi connectivity index (χ2n) is 5.09. The summed E-state index contributed by atoms with van der Waals surface area (Å²) in [5, 5.41) is 2.31. The Morgan fingerprint density at radius 1 is 0.957 bits per heavy atom. The quantitative estimate of drug-likeness (QED) is 0.621. The van der Waals surface area contributed by atoms with Gasteiger partial charge < -0.3 is 9.47 Å². The zero-order valence-corrected chi connectivity index (χ0v) is 13.3. The fourth-order valence-corrected chi connectivity index (χ4v) is 2.50. The van der Waals surface area contributed by atoms with E-state index in [0.717, 1.165) is 28.1 Å². The Morgan fingerprint density at radius 2 is 1.74 bits per heavy atom. The summed E-state index contributed by atoms with van der Waals surface area (Å²) in [5.41, 5.74) is 1.88. The van der Waals surface area contributed by atoms with E-state index in [2.05, 4.69) is 23.2 Å². The molecule has 0 saturated carbocycles. The van der Waals surface area contributed by atoms with Gasteiger partial charge in [0.2, 0.25) is 0 Å². The number of ether oxygens (including phenoxy) is 2. The first-order valence-electron chi connectivity index (χ1n) is 7.64. The predicted octanol–water partition coefficient (Wildman–Crippen LogP) is 5.00. The fraction of sp³-hybridized carbons (Fsp3) is 0.150. The number of hydrogen-bond acceptors (Lipinski definition) is 3. The van der Waals surface area contributed by atoms with Gasteiger partial charge in [-0.1, -0.05) is 30.3 Å². The van der Waals surface area contributed by atoms with Crippen LogP contribution in [0.3, 0.4) is 0 Å². The van der Waals surface area contributed by atoms with Crippen LogP contribution in [0, 0.1) is 0 Å². The highest BCUT2D eigenvalue weighted by Crippen LogP contribution is 2.27. The minimum atomic E-state index is 0.627. The van der Waals surface area contributed by atoms with Gasteiger partial charge in [-0.25, -0.2) is 0 Å². The lowest BCUT2D eigenvalue weighted by atomic mass is 10.0. The number of rotatable bonds is 5. The largest absolute Gasteiger partial charge is 0.497 e. The van der Waals surface area contributed by atoms with Gasteiger partial charge in [0, 0.05) is 11.8 Å². The smallest absolute Gasteiger partial charge is 0.128 e. The minimum Gasteiger partial charge on any atom is -0.497 e. The normalized spacial score (nSPS) is 11.0. The molecule has 0 amide bonds. The number of fused-ring (bicyclic) bond motifs is 1. The molecule has 23 heavy (non-hydrogen) atoms. The number of hydrogen-bond donors (Lipinski definition) is 0. The van der Waals surface area contributed by atoms with Crippen molar-refractivity contribution in [3.8, 4) is 11.5 Å². The SMILES string of the molecule is CCOc1ccc2ccccc2c1C=Nc1ccc(OC)cc1. The summed E-state index contributed by atoms with van der Waals surface area (Å²) in [4.78, 5) is 4.58. The minimum absolute atomic E-state index is 0.627. The fourth-order valence-electron chi connectivity index (χ4n) is 2.50. The summed E-state index contributed by atoms with van der Waals surface area (Å²) in [5.74, 6) is 1.67. The molecule has 0 atom stereocenters. The Hall–Kier alpha value is -2.81. The van der Waals surface area contributed by atoms with Crippen LogP contribution in [0.5, 0.6) is 11.5 Å². The van der Waals surface area contributed by atoms with E-state index in [4.69, 9.17) is 9.47 Å². The van der Waals surface area contributed by atoms with Crippen molar-refractivity contribution in [1.29, 1.82) is 0 Å². The molecule has 116 valence electrons. The highest BCUT2D eigenvalue weighted by molar-refractivity contribution is 6.03. The molecule has 0 bridgehead atoms. The second-order valence-corrected chi connectivity index (χ2v) is 5.09. The molecule has 0 aliphatic heterocycles. The van der Waals surface area contributed by atoms with E-state index in [9.17, 15) is 0 Å². The average molecular weight is 305 g/mol.